The molecule has 1 aliphatic rings. The van der Waals surface area contributed by atoms with Gasteiger partial charge in [0.2, 0.25) is 5.91 Å². The Morgan fingerprint density at radius 2 is 1.96 bits per heavy atom. The van der Waals surface area contributed by atoms with Crippen LogP contribution in [0.1, 0.15) is 37.0 Å². The number of amides is 2. The highest BCUT2D eigenvalue weighted by Gasteiger charge is 2.41. The van der Waals surface area contributed by atoms with E-state index in [-0.39, 0.29) is 17.2 Å². The number of nitrogens with one attached hydrogen (secondary N) is 1. The molecular formula is C20H30N2O4S. The highest BCUT2D eigenvalue weighted by atomic mass is 32.2. The second kappa shape index (κ2) is 10.6. The van der Waals surface area contributed by atoms with Gasteiger partial charge >= 0.3 is 0 Å². The van der Waals surface area contributed by atoms with Gasteiger partial charge in [0, 0.05) is 31.6 Å². The van der Waals surface area contributed by atoms with E-state index < -0.39 is 6.04 Å². The van der Waals surface area contributed by atoms with Crippen LogP contribution in [0, 0.1) is 5.92 Å². The van der Waals surface area contributed by atoms with Gasteiger partial charge in [0.1, 0.15) is 11.8 Å². The second-order valence-corrected chi connectivity index (χ2v) is 8.22. The molecule has 2 unspecified atom stereocenters. The van der Waals surface area contributed by atoms with E-state index in [0.29, 0.717) is 36.1 Å². The highest BCUT2D eigenvalue weighted by molar-refractivity contribution is 8.00. The molecule has 0 saturated carbocycles. The Bertz CT molecular complexity index is 621. The van der Waals surface area contributed by atoms with Crippen LogP contribution in [0.15, 0.2) is 24.3 Å². The van der Waals surface area contributed by atoms with Crippen LogP contribution in [0.2, 0.25) is 0 Å². The first-order chi connectivity index (χ1) is 13.0. The molecule has 1 aliphatic heterocycles. The number of hydrogen-bond donors (Lipinski definition) is 1. The fourth-order valence-corrected chi connectivity index (χ4v) is 4.69. The van der Waals surface area contributed by atoms with Crippen LogP contribution in [0.5, 0.6) is 5.75 Å². The zero-order chi connectivity index (χ0) is 19.8. The number of nitrogens with zero attached hydrogens (tertiary/aromatic N) is 1. The van der Waals surface area contributed by atoms with Gasteiger partial charge in [0.15, 0.2) is 0 Å². The Morgan fingerprint density at radius 1 is 1.26 bits per heavy atom. The number of benzene rings is 1. The molecule has 1 heterocycles. The zero-order valence-corrected chi connectivity index (χ0v) is 17.4. The van der Waals surface area contributed by atoms with Crippen molar-refractivity contribution in [2.45, 2.75) is 38.1 Å². The average molecular weight is 395 g/mol. The maximum atomic E-state index is 13.2. The van der Waals surface area contributed by atoms with E-state index in [2.05, 4.69) is 19.2 Å². The summed E-state index contributed by atoms with van der Waals surface area (Å²) in [4.78, 5) is 27.7. The van der Waals surface area contributed by atoms with Gasteiger partial charge in [-0.05, 0) is 43.0 Å². The van der Waals surface area contributed by atoms with Crippen molar-refractivity contribution in [2.75, 3.05) is 33.1 Å². The summed E-state index contributed by atoms with van der Waals surface area (Å²) in [6, 6.07) is 6.60. The fourth-order valence-electron chi connectivity index (χ4n) is 3.05. The largest absolute Gasteiger partial charge is 0.497 e. The van der Waals surface area contributed by atoms with E-state index in [0.717, 1.165) is 12.8 Å². The Kier molecular flexibility index (Phi) is 8.44. The number of rotatable bonds is 9. The molecule has 1 aromatic carbocycles. The summed E-state index contributed by atoms with van der Waals surface area (Å²) >= 11 is 1.68. The summed E-state index contributed by atoms with van der Waals surface area (Å²) in [6.07, 6.45) is 1.62. The molecule has 150 valence electrons. The minimum absolute atomic E-state index is 0.00864. The molecule has 6 nitrogen and oxygen atoms in total. The monoisotopic (exact) mass is 394 g/mol. The lowest BCUT2D eigenvalue weighted by Gasteiger charge is -2.30. The molecule has 27 heavy (non-hydrogen) atoms. The molecule has 1 N–H and O–H groups in total. The fraction of sp³-hybridized carbons (Fsp3) is 0.600. The van der Waals surface area contributed by atoms with E-state index in [9.17, 15) is 9.59 Å². The van der Waals surface area contributed by atoms with Gasteiger partial charge < -0.3 is 19.7 Å². The minimum atomic E-state index is -0.448. The summed E-state index contributed by atoms with van der Waals surface area (Å²) in [5, 5.41) is 2.95. The predicted octanol–water partition coefficient (Wildman–Crippen LogP) is 2.78. The summed E-state index contributed by atoms with van der Waals surface area (Å²) in [7, 11) is 3.23. The van der Waals surface area contributed by atoms with Crippen LogP contribution in [0.25, 0.3) is 0 Å². The number of thioether (sulfide) groups is 1. The molecule has 0 bridgehead atoms. The minimum Gasteiger partial charge on any atom is -0.497 e. The van der Waals surface area contributed by atoms with Crippen molar-refractivity contribution in [3.05, 3.63) is 29.8 Å². The van der Waals surface area contributed by atoms with Crippen LogP contribution < -0.4 is 10.1 Å². The molecule has 0 aliphatic carbocycles. The molecule has 2 rings (SSSR count). The first kappa shape index (κ1) is 21.6. The van der Waals surface area contributed by atoms with Gasteiger partial charge in [-0.15, -0.1) is 11.8 Å². The normalized spacial score (nSPS) is 19.4. The van der Waals surface area contributed by atoms with Crippen molar-refractivity contribution in [1.82, 2.24) is 10.2 Å². The van der Waals surface area contributed by atoms with Crippen LogP contribution >= 0.6 is 11.8 Å². The highest BCUT2D eigenvalue weighted by Crippen LogP contribution is 2.34. The standard InChI is InChI=1S/C20H30N2O4S/c1-14(2)12-18-22(20(24)15-6-8-16(26-4)9-7-15)17(13-27-18)19(23)21-10-5-11-25-3/h6-9,14,17-18H,5,10-13H2,1-4H3,(H,21,23). The molecule has 2 atom stereocenters. The van der Waals surface area contributed by atoms with Crippen molar-refractivity contribution in [3.63, 3.8) is 0 Å². The zero-order valence-electron chi connectivity index (χ0n) is 16.6. The number of methoxy groups -OCH3 is 2. The van der Waals surface area contributed by atoms with Crippen molar-refractivity contribution >= 4 is 23.6 Å². The Balaban J connectivity index is 2.14. The van der Waals surface area contributed by atoms with Crippen molar-refractivity contribution < 1.29 is 19.1 Å². The maximum absolute atomic E-state index is 13.2. The van der Waals surface area contributed by atoms with Crippen LogP contribution in [0.4, 0.5) is 0 Å². The van der Waals surface area contributed by atoms with Gasteiger partial charge in [0.05, 0.1) is 12.5 Å². The summed E-state index contributed by atoms with van der Waals surface area (Å²) in [5.41, 5.74) is 0.573. The maximum Gasteiger partial charge on any atom is 0.255 e. The Morgan fingerprint density at radius 3 is 2.56 bits per heavy atom. The van der Waals surface area contributed by atoms with Gasteiger partial charge in [-0.25, -0.2) is 0 Å². The van der Waals surface area contributed by atoms with Crippen LogP contribution in [-0.2, 0) is 9.53 Å². The van der Waals surface area contributed by atoms with Gasteiger partial charge in [-0.2, -0.15) is 0 Å². The number of carbonyl (C=O) groups is 2. The first-order valence-electron chi connectivity index (χ1n) is 9.32. The van der Waals surface area contributed by atoms with Crippen LogP contribution in [0.3, 0.4) is 0 Å². The topological polar surface area (TPSA) is 67.9 Å². The van der Waals surface area contributed by atoms with E-state index in [4.69, 9.17) is 9.47 Å². The molecule has 7 heteroatoms. The number of ether oxygens (including phenoxy) is 2. The lowest BCUT2D eigenvalue weighted by atomic mass is 10.1. The lowest BCUT2D eigenvalue weighted by molar-refractivity contribution is -0.124. The molecule has 1 saturated heterocycles. The Labute approximate surface area is 166 Å². The third-order valence-corrected chi connectivity index (χ3v) is 5.78. The molecule has 1 fully saturated rings. The van der Waals surface area contributed by atoms with E-state index in [1.807, 2.05) is 0 Å². The lowest BCUT2D eigenvalue weighted by Crippen LogP contribution is -2.50. The predicted molar refractivity (Wildman–Crippen MR) is 108 cm³/mol. The van der Waals surface area contributed by atoms with Crippen molar-refractivity contribution in [3.8, 4) is 5.75 Å². The van der Waals surface area contributed by atoms with Gasteiger partial charge in [-0.1, -0.05) is 13.8 Å². The molecular weight excluding hydrogens is 364 g/mol. The van der Waals surface area contributed by atoms with E-state index >= 15 is 0 Å². The number of hydrogen-bond acceptors (Lipinski definition) is 5. The first-order valence-corrected chi connectivity index (χ1v) is 10.4. The van der Waals surface area contributed by atoms with E-state index in [1.165, 1.54) is 0 Å². The quantitative estimate of drug-likeness (QED) is 0.653. The molecule has 2 amide bonds. The van der Waals surface area contributed by atoms with Gasteiger partial charge in [-0.3, -0.25) is 9.59 Å². The van der Waals surface area contributed by atoms with Gasteiger partial charge in [0.25, 0.3) is 5.91 Å². The molecule has 1 aromatic rings. The third kappa shape index (κ3) is 5.87. The molecule has 0 spiro atoms. The van der Waals surface area contributed by atoms with E-state index in [1.54, 1.807) is 55.1 Å². The van der Waals surface area contributed by atoms with Crippen molar-refractivity contribution in [2.24, 2.45) is 5.92 Å². The van der Waals surface area contributed by atoms with Crippen molar-refractivity contribution in [1.29, 1.82) is 0 Å². The second-order valence-electron chi connectivity index (χ2n) is 7.01. The Hall–Kier alpha value is -1.73. The smallest absolute Gasteiger partial charge is 0.255 e. The summed E-state index contributed by atoms with van der Waals surface area (Å²) in [5.74, 6) is 1.57. The number of carbonyl (C=O) groups excluding carboxylic acids is 2. The molecule has 0 aromatic heterocycles. The average Bonchev–Trinajstić information content (AvgIpc) is 3.07. The van der Waals surface area contributed by atoms with Crippen LogP contribution in [-0.4, -0.2) is 61.3 Å². The summed E-state index contributed by atoms with van der Waals surface area (Å²) in [6.45, 7) is 5.42. The SMILES string of the molecule is COCCCNC(=O)C1CSC(CC(C)C)N1C(=O)c1ccc(OC)cc1. The summed E-state index contributed by atoms with van der Waals surface area (Å²) < 4.78 is 10.2. The third-order valence-electron chi connectivity index (χ3n) is 4.46. The molecule has 0 radical (unpaired) electrons.